The molecule has 23 heavy (non-hydrogen) atoms. The predicted octanol–water partition coefficient (Wildman–Crippen LogP) is 6.39. The monoisotopic (exact) mass is 344 g/mol. The quantitative estimate of drug-likeness (QED) is 0.465. The van der Waals surface area contributed by atoms with Crippen molar-refractivity contribution in [1.29, 1.82) is 0 Å². The summed E-state index contributed by atoms with van der Waals surface area (Å²) >= 11 is 0. The molecular weight excluding hydrogens is 300 g/mol. The van der Waals surface area contributed by atoms with Crippen molar-refractivity contribution in [1.82, 2.24) is 0 Å². The molecule has 0 unspecified atom stereocenters. The SMILES string of the molecule is C[C@@H](CCCC(C)(C)O[Si](C)(C)C(C)(C)C)CC(C)(C)CCO. The van der Waals surface area contributed by atoms with E-state index < -0.39 is 8.32 Å². The molecule has 1 atom stereocenters. The third-order valence-corrected chi connectivity index (χ3v) is 10.2. The van der Waals surface area contributed by atoms with Gasteiger partial charge in [0.1, 0.15) is 0 Å². The predicted molar refractivity (Wildman–Crippen MR) is 105 cm³/mol. The first kappa shape index (κ1) is 23.1. The van der Waals surface area contributed by atoms with Gasteiger partial charge in [-0.15, -0.1) is 0 Å². The van der Waals surface area contributed by atoms with Crippen molar-refractivity contribution in [2.45, 2.75) is 111 Å². The zero-order valence-corrected chi connectivity index (χ0v) is 18.7. The Balaban J connectivity index is 4.35. The molecule has 0 aliphatic heterocycles. The minimum atomic E-state index is -1.69. The Morgan fingerprint density at radius 1 is 0.957 bits per heavy atom. The summed E-state index contributed by atoms with van der Waals surface area (Å²) in [4.78, 5) is 0. The molecule has 0 aromatic rings. The summed E-state index contributed by atoms with van der Waals surface area (Å²) in [6, 6.07) is 0. The fourth-order valence-corrected chi connectivity index (χ4v) is 5.01. The second kappa shape index (κ2) is 8.49. The molecule has 140 valence electrons. The lowest BCUT2D eigenvalue weighted by Crippen LogP contribution is -2.47. The van der Waals surface area contributed by atoms with Gasteiger partial charge in [-0.2, -0.15) is 0 Å². The maximum atomic E-state index is 9.16. The topological polar surface area (TPSA) is 29.5 Å². The average molecular weight is 345 g/mol. The molecule has 0 aromatic carbocycles. The summed E-state index contributed by atoms with van der Waals surface area (Å²) in [6.07, 6.45) is 5.69. The number of aliphatic hydroxyl groups excluding tert-OH is 1. The number of hydrogen-bond donors (Lipinski definition) is 1. The van der Waals surface area contributed by atoms with Gasteiger partial charge in [0.25, 0.3) is 0 Å². The summed E-state index contributed by atoms with van der Waals surface area (Å²) in [5.74, 6) is 0.709. The molecular formula is C20H44O2Si. The van der Waals surface area contributed by atoms with Crippen LogP contribution < -0.4 is 0 Å². The lowest BCUT2D eigenvalue weighted by molar-refractivity contribution is 0.0772. The van der Waals surface area contributed by atoms with Crippen molar-refractivity contribution in [2.24, 2.45) is 11.3 Å². The molecule has 0 fully saturated rings. The second-order valence-corrected chi connectivity index (χ2v) is 15.2. The molecule has 0 rings (SSSR count). The molecule has 0 amide bonds. The van der Waals surface area contributed by atoms with Crippen LogP contribution in [-0.2, 0) is 4.43 Å². The van der Waals surface area contributed by atoms with E-state index in [1.54, 1.807) is 0 Å². The Labute approximate surface area is 147 Å². The van der Waals surface area contributed by atoms with E-state index in [2.05, 4.69) is 68.5 Å². The molecule has 0 heterocycles. The molecule has 0 radical (unpaired) electrons. The maximum Gasteiger partial charge on any atom is 0.192 e. The minimum absolute atomic E-state index is 0.0245. The lowest BCUT2D eigenvalue weighted by atomic mass is 9.79. The maximum absolute atomic E-state index is 9.16. The summed E-state index contributed by atoms with van der Waals surface area (Å²) in [6.45, 7) is 23.3. The van der Waals surface area contributed by atoms with Gasteiger partial charge >= 0.3 is 0 Å². The van der Waals surface area contributed by atoms with E-state index in [1.807, 2.05) is 0 Å². The van der Waals surface area contributed by atoms with Crippen molar-refractivity contribution in [2.75, 3.05) is 6.61 Å². The average Bonchev–Trinajstić information content (AvgIpc) is 2.23. The molecule has 0 aliphatic rings. The Hall–Kier alpha value is 0.137. The number of aliphatic hydroxyl groups is 1. The molecule has 0 bridgehead atoms. The van der Waals surface area contributed by atoms with E-state index in [0.717, 1.165) is 12.8 Å². The first-order valence-corrected chi connectivity index (χ1v) is 12.3. The molecule has 0 aliphatic carbocycles. The van der Waals surface area contributed by atoms with E-state index in [4.69, 9.17) is 9.53 Å². The van der Waals surface area contributed by atoms with Crippen molar-refractivity contribution < 1.29 is 9.53 Å². The van der Waals surface area contributed by atoms with Crippen molar-refractivity contribution in [3.8, 4) is 0 Å². The highest BCUT2D eigenvalue weighted by Gasteiger charge is 2.41. The van der Waals surface area contributed by atoms with Gasteiger partial charge in [0, 0.05) is 6.61 Å². The zero-order valence-electron chi connectivity index (χ0n) is 17.7. The van der Waals surface area contributed by atoms with Crippen LogP contribution in [-0.4, -0.2) is 25.6 Å². The summed E-state index contributed by atoms with van der Waals surface area (Å²) in [5.41, 5.74) is 0.227. The largest absolute Gasteiger partial charge is 0.412 e. The lowest BCUT2D eigenvalue weighted by Gasteiger charge is -2.43. The van der Waals surface area contributed by atoms with Crippen LogP contribution in [0.1, 0.15) is 87.5 Å². The van der Waals surface area contributed by atoms with Gasteiger partial charge in [-0.3, -0.25) is 0 Å². The van der Waals surface area contributed by atoms with Crippen LogP contribution in [0.25, 0.3) is 0 Å². The van der Waals surface area contributed by atoms with E-state index in [0.29, 0.717) is 12.5 Å². The molecule has 0 saturated heterocycles. The Bertz CT molecular complexity index is 340. The number of rotatable bonds is 10. The molecule has 0 spiro atoms. The zero-order chi connectivity index (χ0) is 18.5. The number of hydrogen-bond acceptors (Lipinski definition) is 2. The van der Waals surface area contributed by atoms with Gasteiger partial charge in [-0.1, -0.05) is 54.4 Å². The highest BCUT2D eigenvalue weighted by Crippen LogP contribution is 2.40. The molecule has 0 aromatic heterocycles. The third-order valence-electron chi connectivity index (χ3n) is 5.50. The Kier molecular flexibility index (Phi) is 8.54. The fraction of sp³-hybridized carbons (Fsp3) is 1.00. The standard InChI is InChI=1S/C20H44O2Si/c1-17(16-19(5,6)14-15-21)12-11-13-20(7,8)22-23(9,10)18(2,3)4/h17,21H,11-16H2,1-10H3/t17-/m0/s1. The smallest absolute Gasteiger partial charge is 0.192 e. The molecule has 3 heteroatoms. The second-order valence-electron chi connectivity index (χ2n) is 10.5. The van der Waals surface area contributed by atoms with E-state index in [1.165, 1.54) is 19.3 Å². The first-order valence-electron chi connectivity index (χ1n) is 9.43. The third kappa shape index (κ3) is 9.26. The van der Waals surface area contributed by atoms with Gasteiger partial charge in [0.05, 0.1) is 5.60 Å². The minimum Gasteiger partial charge on any atom is -0.412 e. The highest BCUT2D eigenvalue weighted by atomic mass is 28.4. The van der Waals surface area contributed by atoms with Crippen molar-refractivity contribution in [3.05, 3.63) is 0 Å². The van der Waals surface area contributed by atoms with Gasteiger partial charge in [0.2, 0.25) is 0 Å². The first-order chi connectivity index (χ1) is 10.1. The summed E-state index contributed by atoms with van der Waals surface area (Å²) in [7, 11) is -1.69. The van der Waals surface area contributed by atoms with Crippen LogP contribution in [0, 0.1) is 11.3 Å². The van der Waals surface area contributed by atoms with Crippen molar-refractivity contribution in [3.63, 3.8) is 0 Å². The van der Waals surface area contributed by atoms with Gasteiger partial charge in [-0.05, 0) is 62.6 Å². The highest BCUT2D eigenvalue weighted by molar-refractivity contribution is 6.74. The Morgan fingerprint density at radius 2 is 1.48 bits per heavy atom. The van der Waals surface area contributed by atoms with Gasteiger partial charge in [0.15, 0.2) is 8.32 Å². The molecule has 2 nitrogen and oxygen atoms in total. The summed E-state index contributed by atoms with van der Waals surface area (Å²) < 4.78 is 6.62. The van der Waals surface area contributed by atoms with Crippen LogP contribution in [0.4, 0.5) is 0 Å². The van der Waals surface area contributed by atoms with E-state index >= 15 is 0 Å². The van der Waals surface area contributed by atoms with E-state index in [9.17, 15) is 0 Å². The van der Waals surface area contributed by atoms with Crippen LogP contribution in [0.5, 0.6) is 0 Å². The van der Waals surface area contributed by atoms with Crippen molar-refractivity contribution >= 4 is 8.32 Å². The fourth-order valence-electron chi connectivity index (χ4n) is 3.22. The van der Waals surface area contributed by atoms with Crippen LogP contribution in [0.3, 0.4) is 0 Å². The van der Waals surface area contributed by atoms with Crippen LogP contribution in [0.2, 0.25) is 18.1 Å². The summed E-state index contributed by atoms with van der Waals surface area (Å²) in [5, 5.41) is 9.43. The van der Waals surface area contributed by atoms with Gasteiger partial charge < -0.3 is 9.53 Å². The molecule has 0 saturated carbocycles. The van der Waals surface area contributed by atoms with Gasteiger partial charge in [-0.25, -0.2) is 0 Å². The Morgan fingerprint density at radius 3 is 1.91 bits per heavy atom. The normalized spacial score (nSPS) is 15.8. The van der Waals surface area contributed by atoms with Crippen LogP contribution >= 0.6 is 0 Å². The van der Waals surface area contributed by atoms with E-state index in [-0.39, 0.29) is 16.1 Å². The van der Waals surface area contributed by atoms with Crippen LogP contribution in [0.15, 0.2) is 0 Å². The molecule has 1 N–H and O–H groups in total.